The van der Waals surface area contributed by atoms with Crippen molar-refractivity contribution in [2.75, 3.05) is 39.3 Å². The van der Waals surface area contributed by atoms with E-state index in [-0.39, 0.29) is 5.82 Å². The van der Waals surface area contributed by atoms with Crippen molar-refractivity contribution in [3.8, 4) is 0 Å². The normalized spacial score (nSPS) is 17.8. The molecule has 0 amide bonds. The van der Waals surface area contributed by atoms with Gasteiger partial charge >= 0.3 is 0 Å². The van der Waals surface area contributed by atoms with Gasteiger partial charge < -0.3 is 10.6 Å². The van der Waals surface area contributed by atoms with Gasteiger partial charge in [-0.3, -0.25) is 4.90 Å². The Kier molecular flexibility index (Phi) is 5.76. The molecule has 0 aliphatic carbocycles. The number of nitrogens with two attached hydrogens (primary N) is 1. The highest BCUT2D eigenvalue weighted by Crippen LogP contribution is 2.10. The zero-order valence-corrected chi connectivity index (χ0v) is 11.5. The minimum atomic E-state index is -0.141. The van der Waals surface area contributed by atoms with Crippen molar-refractivity contribution >= 4 is 0 Å². The molecule has 1 saturated heterocycles. The van der Waals surface area contributed by atoms with E-state index in [0.717, 1.165) is 57.8 Å². The summed E-state index contributed by atoms with van der Waals surface area (Å²) in [6.45, 7) is 7.16. The van der Waals surface area contributed by atoms with Gasteiger partial charge in [0.1, 0.15) is 5.82 Å². The monoisotopic (exact) mass is 265 g/mol. The average Bonchev–Trinajstić information content (AvgIpc) is 2.41. The standard InChI is InChI=1S/C15H24FN3/c16-15-5-3-4-14(12-15)13-19-10-8-18(9-11-19)7-2-1-6-17/h3-5,12H,1-2,6-11,13,17H2. The molecule has 0 unspecified atom stereocenters. The van der Waals surface area contributed by atoms with Gasteiger partial charge in [-0.2, -0.15) is 0 Å². The van der Waals surface area contributed by atoms with Crippen LogP contribution < -0.4 is 5.73 Å². The Labute approximate surface area is 115 Å². The molecule has 0 bridgehead atoms. The molecule has 0 aromatic heterocycles. The van der Waals surface area contributed by atoms with Crippen LogP contribution in [0, 0.1) is 5.82 Å². The number of halogens is 1. The second-order valence-corrected chi connectivity index (χ2v) is 5.24. The zero-order valence-electron chi connectivity index (χ0n) is 11.5. The first-order valence-corrected chi connectivity index (χ1v) is 7.17. The summed E-state index contributed by atoms with van der Waals surface area (Å²) in [5.41, 5.74) is 6.57. The van der Waals surface area contributed by atoms with Crippen molar-refractivity contribution in [2.24, 2.45) is 5.73 Å². The predicted octanol–water partition coefficient (Wildman–Crippen LogP) is 1.68. The molecule has 19 heavy (non-hydrogen) atoms. The Balaban J connectivity index is 1.71. The molecule has 106 valence electrons. The lowest BCUT2D eigenvalue weighted by molar-refractivity contribution is 0.126. The van der Waals surface area contributed by atoms with Crippen LogP contribution in [-0.4, -0.2) is 49.1 Å². The third-order valence-corrected chi connectivity index (χ3v) is 3.69. The predicted molar refractivity (Wildman–Crippen MR) is 76.4 cm³/mol. The molecular formula is C15H24FN3. The molecule has 0 spiro atoms. The van der Waals surface area contributed by atoms with Gasteiger partial charge in [0.05, 0.1) is 0 Å². The van der Waals surface area contributed by atoms with E-state index in [1.807, 2.05) is 6.07 Å². The van der Waals surface area contributed by atoms with Crippen molar-refractivity contribution < 1.29 is 4.39 Å². The van der Waals surface area contributed by atoms with Gasteiger partial charge in [0.15, 0.2) is 0 Å². The van der Waals surface area contributed by atoms with Crippen LogP contribution >= 0.6 is 0 Å². The molecular weight excluding hydrogens is 241 g/mol. The Hall–Kier alpha value is -0.970. The van der Waals surface area contributed by atoms with Gasteiger partial charge in [-0.25, -0.2) is 4.39 Å². The van der Waals surface area contributed by atoms with E-state index in [9.17, 15) is 4.39 Å². The van der Waals surface area contributed by atoms with Gasteiger partial charge in [-0.1, -0.05) is 12.1 Å². The summed E-state index contributed by atoms with van der Waals surface area (Å²) >= 11 is 0. The van der Waals surface area contributed by atoms with Crippen LogP contribution in [0.3, 0.4) is 0 Å². The summed E-state index contributed by atoms with van der Waals surface area (Å²) in [5, 5.41) is 0. The summed E-state index contributed by atoms with van der Waals surface area (Å²) in [6, 6.07) is 6.91. The molecule has 1 fully saturated rings. The topological polar surface area (TPSA) is 32.5 Å². The maximum atomic E-state index is 13.1. The SMILES string of the molecule is NCCCCN1CCN(Cc2cccc(F)c2)CC1. The Bertz CT molecular complexity index is 375. The van der Waals surface area contributed by atoms with E-state index >= 15 is 0 Å². The van der Waals surface area contributed by atoms with Crippen LogP contribution in [-0.2, 0) is 6.54 Å². The second kappa shape index (κ2) is 7.58. The maximum absolute atomic E-state index is 13.1. The van der Waals surface area contributed by atoms with E-state index in [1.54, 1.807) is 12.1 Å². The summed E-state index contributed by atoms with van der Waals surface area (Å²) in [5.74, 6) is -0.141. The highest BCUT2D eigenvalue weighted by atomic mass is 19.1. The van der Waals surface area contributed by atoms with E-state index in [0.29, 0.717) is 0 Å². The average molecular weight is 265 g/mol. The number of nitrogens with zero attached hydrogens (tertiary/aromatic N) is 2. The van der Waals surface area contributed by atoms with Gasteiger partial charge in [0, 0.05) is 32.7 Å². The molecule has 1 aromatic carbocycles. The Morgan fingerprint density at radius 1 is 1.05 bits per heavy atom. The van der Waals surface area contributed by atoms with Crippen molar-refractivity contribution in [3.63, 3.8) is 0 Å². The van der Waals surface area contributed by atoms with Crippen molar-refractivity contribution in [3.05, 3.63) is 35.6 Å². The first kappa shape index (κ1) is 14.4. The van der Waals surface area contributed by atoms with E-state index < -0.39 is 0 Å². The van der Waals surface area contributed by atoms with Crippen LogP contribution in [0.1, 0.15) is 18.4 Å². The molecule has 1 aromatic rings. The third kappa shape index (κ3) is 4.90. The van der Waals surface area contributed by atoms with Crippen LogP contribution in [0.5, 0.6) is 0 Å². The number of rotatable bonds is 6. The highest BCUT2D eigenvalue weighted by molar-refractivity contribution is 5.16. The summed E-state index contributed by atoms with van der Waals surface area (Å²) < 4.78 is 13.1. The van der Waals surface area contributed by atoms with Gasteiger partial charge in [0.2, 0.25) is 0 Å². The van der Waals surface area contributed by atoms with Gasteiger partial charge in [-0.15, -0.1) is 0 Å². The summed E-state index contributed by atoms with van der Waals surface area (Å²) in [6.07, 6.45) is 2.31. The largest absolute Gasteiger partial charge is 0.330 e. The lowest BCUT2D eigenvalue weighted by Gasteiger charge is -2.34. The van der Waals surface area contributed by atoms with Crippen LogP contribution in [0.25, 0.3) is 0 Å². The first-order chi connectivity index (χ1) is 9.28. The Morgan fingerprint density at radius 3 is 2.47 bits per heavy atom. The molecule has 0 radical (unpaired) electrons. The van der Waals surface area contributed by atoms with E-state index in [2.05, 4.69) is 9.80 Å². The Morgan fingerprint density at radius 2 is 1.79 bits per heavy atom. The number of benzene rings is 1. The molecule has 1 aliphatic rings. The van der Waals surface area contributed by atoms with E-state index in [1.165, 1.54) is 12.5 Å². The number of piperazine rings is 1. The molecule has 4 heteroatoms. The second-order valence-electron chi connectivity index (χ2n) is 5.24. The summed E-state index contributed by atoms with van der Waals surface area (Å²) in [7, 11) is 0. The first-order valence-electron chi connectivity index (χ1n) is 7.17. The smallest absolute Gasteiger partial charge is 0.123 e. The fourth-order valence-corrected chi connectivity index (χ4v) is 2.54. The third-order valence-electron chi connectivity index (χ3n) is 3.69. The van der Waals surface area contributed by atoms with Crippen molar-refractivity contribution in [2.45, 2.75) is 19.4 Å². The minimum Gasteiger partial charge on any atom is -0.330 e. The minimum absolute atomic E-state index is 0.141. The summed E-state index contributed by atoms with van der Waals surface area (Å²) in [4.78, 5) is 4.89. The van der Waals surface area contributed by atoms with Crippen molar-refractivity contribution in [1.82, 2.24) is 9.80 Å². The molecule has 0 atom stereocenters. The maximum Gasteiger partial charge on any atom is 0.123 e. The molecule has 1 aliphatic heterocycles. The number of unbranched alkanes of at least 4 members (excludes halogenated alkanes) is 1. The van der Waals surface area contributed by atoms with Crippen LogP contribution in [0.2, 0.25) is 0 Å². The van der Waals surface area contributed by atoms with Gasteiger partial charge in [0.25, 0.3) is 0 Å². The van der Waals surface area contributed by atoms with E-state index in [4.69, 9.17) is 5.73 Å². The fourth-order valence-electron chi connectivity index (χ4n) is 2.54. The van der Waals surface area contributed by atoms with Crippen molar-refractivity contribution in [1.29, 1.82) is 0 Å². The lowest BCUT2D eigenvalue weighted by Crippen LogP contribution is -2.46. The van der Waals surface area contributed by atoms with Gasteiger partial charge in [-0.05, 0) is 43.6 Å². The fraction of sp³-hybridized carbons (Fsp3) is 0.600. The quantitative estimate of drug-likeness (QED) is 0.794. The van der Waals surface area contributed by atoms with Crippen LogP contribution in [0.15, 0.2) is 24.3 Å². The number of hydrogen-bond acceptors (Lipinski definition) is 3. The van der Waals surface area contributed by atoms with Crippen LogP contribution in [0.4, 0.5) is 4.39 Å². The molecule has 2 N–H and O–H groups in total. The number of hydrogen-bond donors (Lipinski definition) is 1. The highest BCUT2D eigenvalue weighted by Gasteiger charge is 2.16. The molecule has 1 heterocycles. The molecule has 3 nitrogen and oxygen atoms in total. The lowest BCUT2D eigenvalue weighted by atomic mass is 10.2. The molecule has 2 rings (SSSR count). The molecule has 0 saturated carbocycles. The zero-order chi connectivity index (χ0) is 13.5.